The molecule has 0 bridgehead atoms. The fraction of sp³-hybridized carbons (Fsp3) is 0.308. The molecular weight excluding hydrogens is 222 g/mol. The van der Waals surface area contributed by atoms with Gasteiger partial charge in [-0.25, -0.2) is 8.78 Å². The SMILES string of the molecule is NCC1(c2ccc3ccccc3n2)CC1(F)F. The fourth-order valence-electron chi connectivity index (χ4n) is 2.27. The van der Waals surface area contributed by atoms with E-state index < -0.39 is 11.3 Å². The van der Waals surface area contributed by atoms with Crippen molar-refractivity contribution in [2.75, 3.05) is 6.54 Å². The predicted molar refractivity (Wildman–Crippen MR) is 62.0 cm³/mol. The maximum absolute atomic E-state index is 13.4. The molecule has 0 aliphatic heterocycles. The number of hydrogen-bond acceptors (Lipinski definition) is 2. The van der Waals surface area contributed by atoms with Crippen molar-refractivity contribution in [2.24, 2.45) is 5.73 Å². The van der Waals surface area contributed by atoms with Crippen LogP contribution >= 0.6 is 0 Å². The summed E-state index contributed by atoms with van der Waals surface area (Å²) >= 11 is 0. The van der Waals surface area contributed by atoms with Gasteiger partial charge >= 0.3 is 0 Å². The summed E-state index contributed by atoms with van der Waals surface area (Å²) < 4.78 is 26.8. The molecule has 1 aromatic carbocycles. The van der Waals surface area contributed by atoms with Crippen LogP contribution in [-0.2, 0) is 5.41 Å². The van der Waals surface area contributed by atoms with Gasteiger partial charge in [-0.3, -0.25) is 4.98 Å². The summed E-state index contributed by atoms with van der Waals surface area (Å²) in [7, 11) is 0. The lowest BCUT2D eigenvalue weighted by molar-refractivity contribution is 0.0887. The third-order valence-electron chi connectivity index (χ3n) is 3.54. The van der Waals surface area contributed by atoms with E-state index in [1.54, 1.807) is 6.07 Å². The Bertz CT molecular complexity index is 582. The van der Waals surface area contributed by atoms with Gasteiger partial charge in [0.05, 0.1) is 16.6 Å². The Morgan fingerprint density at radius 1 is 1.18 bits per heavy atom. The second-order valence-corrected chi connectivity index (χ2v) is 4.56. The zero-order chi connectivity index (χ0) is 12.1. The van der Waals surface area contributed by atoms with Crippen molar-refractivity contribution in [1.82, 2.24) is 4.98 Å². The van der Waals surface area contributed by atoms with E-state index in [9.17, 15) is 8.78 Å². The second kappa shape index (κ2) is 3.23. The molecule has 1 saturated carbocycles. The van der Waals surface area contributed by atoms with Gasteiger partial charge in [-0.05, 0) is 12.1 Å². The van der Waals surface area contributed by atoms with Crippen LogP contribution in [0.15, 0.2) is 36.4 Å². The molecule has 0 spiro atoms. The van der Waals surface area contributed by atoms with Crippen LogP contribution in [0.25, 0.3) is 10.9 Å². The van der Waals surface area contributed by atoms with Crippen LogP contribution in [-0.4, -0.2) is 17.5 Å². The Morgan fingerprint density at radius 2 is 1.88 bits per heavy atom. The topological polar surface area (TPSA) is 38.9 Å². The number of benzene rings is 1. The summed E-state index contributed by atoms with van der Waals surface area (Å²) in [5.41, 5.74) is 5.40. The molecule has 88 valence electrons. The van der Waals surface area contributed by atoms with Crippen molar-refractivity contribution in [3.05, 3.63) is 42.1 Å². The van der Waals surface area contributed by atoms with Gasteiger partial charge in [-0.2, -0.15) is 0 Å². The number of halogens is 2. The fourth-order valence-corrected chi connectivity index (χ4v) is 2.27. The Kier molecular flexibility index (Phi) is 2.01. The van der Waals surface area contributed by atoms with Gasteiger partial charge in [0.15, 0.2) is 0 Å². The van der Waals surface area contributed by atoms with Gasteiger partial charge in [0, 0.05) is 18.4 Å². The lowest BCUT2D eigenvalue weighted by Gasteiger charge is -2.13. The van der Waals surface area contributed by atoms with Crippen molar-refractivity contribution in [2.45, 2.75) is 17.8 Å². The van der Waals surface area contributed by atoms with Gasteiger partial charge in [0.25, 0.3) is 5.92 Å². The Labute approximate surface area is 97.5 Å². The molecule has 1 aromatic heterocycles. The quantitative estimate of drug-likeness (QED) is 0.867. The largest absolute Gasteiger partial charge is 0.329 e. The maximum Gasteiger partial charge on any atom is 0.261 e. The van der Waals surface area contributed by atoms with Crippen molar-refractivity contribution in [1.29, 1.82) is 0 Å². The number of fused-ring (bicyclic) bond motifs is 1. The summed E-state index contributed by atoms with van der Waals surface area (Å²) in [6.07, 6.45) is -0.193. The highest BCUT2D eigenvalue weighted by molar-refractivity contribution is 5.78. The van der Waals surface area contributed by atoms with E-state index in [4.69, 9.17) is 5.73 Å². The predicted octanol–water partition coefficient (Wildman–Crippen LogP) is 2.47. The summed E-state index contributed by atoms with van der Waals surface area (Å²) in [4.78, 5) is 4.32. The number of nitrogens with two attached hydrogens (primary N) is 1. The number of nitrogens with zero attached hydrogens (tertiary/aromatic N) is 1. The van der Waals surface area contributed by atoms with Gasteiger partial charge in [-0.1, -0.05) is 24.3 Å². The van der Waals surface area contributed by atoms with Crippen LogP contribution < -0.4 is 5.73 Å². The first-order chi connectivity index (χ1) is 8.09. The maximum atomic E-state index is 13.4. The molecule has 2 aromatic rings. The molecule has 2 N–H and O–H groups in total. The number of aromatic nitrogens is 1. The zero-order valence-electron chi connectivity index (χ0n) is 9.16. The summed E-state index contributed by atoms with van der Waals surface area (Å²) in [6.45, 7) is -0.0641. The average Bonchev–Trinajstić information content (AvgIpc) is 2.92. The van der Waals surface area contributed by atoms with E-state index in [1.165, 1.54) is 0 Å². The van der Waals surface area contributed by atoms with E-state index in [0.717, 1.165) is 10.9 Å². The van der Waals surface area contributed by atoms with E-state index in [2.05, 4.69) is 4.98 Å². The third kappa shape index (κ3) is 1.37. The minimum absolute atomic E-state index is 0.0641. The highest BCUT2D eigenvalue weighted by atomic mass is 19.3. The molecule has 1 atom stereocenters. The van der Waals surface area contributed by atoms with Crippen molar-refractivity contribution >= 4 is 10.9 Å². The Balaban J connectivity index is 2.13. The monoisotopic (exact) mass is 234 g/mol. The molecule has 0 radical (unpaired) electrons. The molecular formula is C13H12F2N2. The molecule has 1 heterocycles. The molecule has 0 saturated heterocycles. The first kappa shape index (κ1) is 10.6. The molecule has 3 rings (SSSR count). The molecule has 1 aliphatic carbocycles. The molecule has 4 heteroatoms. The van der Waals surface area contributed by atoms with E-state index >= 15 is 0 Å². The van der Waals surface area contributed by atoms with Crippen LogP contribution in [0.5, 0.6) is 0 Å². The summed E-state index contributed by atoms with van der Waals surface area (Å²) in [5, 5.41) is 0.951. The summed E-state index contributed by atoms with van der Waals surface area (Å²) in [5.74, 6) is -2.71. The van der Waals surface area contributed by atoms with Crippen LogP contribution in [0.1, 0.15) is 12.1 Å². The molecule has 1 unspecified atom stereocenters. The number of rotatable bonds is 2. The van der Waals surface area contributed by atoms with Crippen molar-refractivity contribution in [3.8, 4) is 0 Å². The molecule has 2 nitrogen and oxygen atoms in total. The van der Waals surface area contributed by atoms with E-state index in [0.29, 0.717) is 5.69 Å². The second-order valence-electron chi connectivity index (χ2n) is 4.56. The number of pyridine rings is 1. The van der Waals surface area contributed by atoms with Crippen molar-refractivity contribution < 1.29 is 8.78 Å². The number of alkyl halides is 2. The zero-order valence-corrected chi connectivity index (χ0v) is 9.16. The van der Waals surface area contributed by atoms with Crippen molar-refractivity contribution in [3.63, 3.8) is 0 Å². The molecule has 17 heavy (non-hydrogen) atoms. The minimum atomic E-state index is -2.71. The van der Waals surface area contributed by atoms with Crippen LogP contribution in [0.4, 0.5) is 8.78 Å². The lowest BCUT2D eigenvalue weighted by atomic mass is 10.0. The Morgan fingerprint density at radius 3 is 2.53 bits per heavy atom. The van der Waals surface area contributed by atoms with Gasteiger partial charge in [0.2, 0.25) is 0 Å². The average molecular weight is 234 g/mol. The molecule has 0 amide bonds. The van der Waals surface area contributed by atoms with E-state index in [-0.39, 0.29) is 13.0 Å². The standard InChI is InChI=1S/C13H12F2N2/c14-13(15)7-12(13,8-16)11-6-5-9-3-1-2-4-10(9)17-11/h1-6H,7-8,16H2. The van der Waals surface area contributed by atoms with Crippen LogP contribution in [0, 0.1) is 0 Å². The molecule has 1 fully saturated rings. The molecule has 1 aliphatic rings. The van der Waals surface area contributed by atoms with Gasteiger partial charge < -0.3 is 5.73 Å². The Hall–Kier alpha value is -1.55. The van der Waals surface area contributed by atoms with Crippen LogP contribution in [0.3, 0.4) is 0 Å². The highest BCUT2D eigenvalue weighted by Crippen LogP contribution is 2.60. The van der Waals surface area contributed by atoms with E-state index in [1.807, 2.05) is 30.3 Å². The van der Waals surface area contributed by atoms with Gasteiger partial charge in [-0.15, -0.1) is 0 Å². The first-order valence-electron chi connectivity index (χ1n) is 5.53. The normalized spacial score (nSPS) is 26.1. The van der Waals surface area contributed by atoms with Gasteiger partial charge in [0.1, 0.15) is 0 Å². The smallest absolute Gasteiger partial charge is 0.261 e. The first-order valence-corrected chi connectivity index (χ1v) is 5.53. The lowest BCUT2D eigenvalue weighted by Crippen LogP contribution is -2.27. The number of para-hydroxylation sites is 1. The van der Waals surface area contributed by atoms with Crippen LogP contribution in [0.2, 0.25) is 0 Å². The third-order valence-corrected chi connectivity index (χ3v) is 3.54. The summed E-state index contributed by atoms with van der Waals surface area (Å²) in [6, 6.07) is 11.0. The number of hydrogen-bond donors (Lipinski definition) is 1. The highest BCUT2D eigenvalue weighted by Gasteiger charge is 2.72. The minimum Gasteiger partial charge on any atom is -0.329 e.